The van der Waals surface area contributed by atoms with Crippen LogP contribution in [0.5, 0.6) is 5.75 Å². The van der Waals surface area contributed by atoms with E-state index in [-0.39, 0.29) is 18.4 Å². The van der Waals surface area contributed by atoms with Gasteiger partial charge in [0.15, 0.2) is 0 Å². The molecule has 0 aliphatic rings. The number of nitrogens with one attached hydrogen (secondary N) is 1. The summed E-state index contributed by atoms with van der Waals surface area (Å²) in [5.74, 6) is -0.286. The van der Waals surface area contributed by atoms with Gasteiger partial charge in [-0.1, -0.05) is 0 Å². The smallest absolute Gasteiger partial charge is 0.303 e. The van der Waals surface area contributed by atoms with Gasteiger partial charge in [-0.3, -0.25) is 9.59 Å². The van der Waals surface area contributed by atoms with E-state index in [9.17, 15) is 9.59 Å². The summed E-state index contributed by atoms with van der Waals surface area (Å²) in [6.07, 6.45) is 1.35. The van der Waals surface area contributed by atoms with Crippen molar-refractivity contribution in [1.82, 2.24) is 5.32 Å². The number of hydrogen-bond acceptors (Lipinski definition) is 4. The van der Waals surface area contributed by atoms with Crippen LogP contribution in [0.15, 0.2) is 11.4 Å². The molecule has 1 rings (SSSR count). The first-order chi connectivity index (χ1) is 8.52. The van der Waals surface area contributed by atoms with Crippen LogP contribution in [0.2, 0.25) is 0 Å². The fourth-order valence-electron chi connectivity index (χ4n) is 1.47. The summed E-state index contributed by atoms with van der Waals surface area (Å²) < 4.78 is 5.01. The summed E-state index contributed by atoms with van der Waals surface area (Å²) in [6, 6.07) is 1.65. The number of carboxylic acids is 1. The van der Waals surface area contributed by atoms with Gasteiger partial charge in [-0.2, -0.15) is 0 Å². The first-order valence-electron chi connectivity index (χ1n) is 5.68. The van der Waals surface area contributed by atoms with E-state index in [0.717, 1.165) is 0 Å². The van der Waals surface area contributed by atoms with Gasteiger partial charge in [0.25, 0.3) is 5.91 Å². The molecule has 0 spiro atoms. The SMILES string of the molecule is COc1csc(C(=O)NC(C)CCCC(=O)O)c1. The van der Waals surface area contributed by atoms with Gasteiger partial charge in [-0.05, 0) is 19.8 Å². The predicted molar refractivity (Wildman–Crippen MR) is 69.3 cm³/mol. The van der Waals surface area contributed by atoms with E-state index >= 15 is 0 Å². The Balaban J connectivity index is 2.37. The number of carbonyl (C=O) groups excluding carboxylic acids is 1. The number of carbonyl (C=O) groups is 2. The first-order valence-corrected chi connectivity index (χ1v) is 6.56. The zero-order chi connectivity index (χ0) is 13.5. The molecule has 0 aromatic carbocycles. The molecule has 1 unspecified atom stereocenters. The van der Waals surface area contributed by atoms with Gasteiger partial charge in [-0.15, -0.1) is 11.3 Å². The molecule has 1 aromatic heterocycles. The molecule has 1 heterocycles. The lowest BCUT2D eigenvalue weighted by molar-refractivity contribution is -0.137. The second-order valence-electron chi connectivity index (χ2n) is 4.01. The van der Waals surface area contributed by atoms with E-state index in [1.165, 1.54) is 11.3 Å². The van der Waals surface area contributed by atoms with Crippen LogP contribution in [-0.4, -0.2) is 30.1 Å². The Bertz CT molecular complexity index is 416. The number of aliphatic carboxylic acids is 1. The molecule has 18 heavy (non-hydrogen) atoms. The molecule has 5 nitrogen and oxygen atoms in total. The summed E-state index contributed by atoms with van der Waals surface area (Å²) in [5, 5.41) is 13.1. The van der Waals surface area contributed by atoms with E-state index in [1.807, 2.05) is 6.92 Å². The van der Waals surface area contributed by atoms with Crippen LogP contribution in [0.3, 0.4) is 0 Å². The Hall–Kier alpha value is -1.56. The number of methoxy groups -OCH3 is 1. The molecule has 6 heteroatoms. The van der Waals surface area contributed by atoms with Crippen molar-refractivity contribution in [3.05, 3.63) is 16.3 Å². The highest BCUT2D eigenvalue weighted by Gasteiger charge is 2.12. The van der Waals surface area contributed by atoms with Gasteiger partial charge >= 0.3 is 5.97 Å². The van der Waals surface area contributed by atoms with Gasteiger partial charge in [0.2, 0.25) is 0 Å². The second kappa shape index (κ2) is 7.00. The zero-order valence-corrected chi connectivity index (χ0v) is 11.3. The predicted octanol–water partition coefficient (Wildman–Crippen LogP) is 2.13. The number of ether oxygens (including phenoxy) is 1. The maximum atomic E-state index is 11.8. The highest BCUT2D eigenvalue weighted by Crippen LogP contribution is 2.21. The molecule has 0 saturated carbocycles. The highest BCUT2D eigenvalue weighted by atomic mass is 32.1. The second-order valence-corrected chi connectivity index (χ2v) is 4.92. The van der Waals surface area contributed by atoms with Crippen LogP contribution in [0.4, 0.5) is 0 Å². The number of amides is 1. The molecule has 0 bridgehead atoms. The van der Waals surface area contributed by atoms with Crippen molar-refractivity contribution in [2.75, 3.05) is 7.11 Å². The van der Waals surface area contributed by atoms with E-state index in [0.29, 0.717) is 23.5 Å². The van der Waals surface area contributed by atoms with Crippen molar-refractivity contribution in [1.29, 1.82) is 0 Å². The Kier molecular flexibility index (Phi) is 5.64. The minimum atomic E-state index is -0.809. The maximum Gasteiger partial charge on any atom is 0.303 e. The van der Waals surface area contributed by atoms with Crippen molar-refractivity contribution in [2.24, 2.45) is 0 Å². The number of rotatable bonds is 7. The summed E-state index contributed by atoms with van der Waals surface area (Å²) in [5.41, 5.74) is 0. The fourth-order valence-corrected chi connectivity index (χ4v) is 2.23. The molecule has 0 aliphatic heterocycles. The van der Waals surface area contributed by atoms with Gasteiger partial charge in [0, 0.05) is 23.9 Å². The summed E-state index contributed by atoms with van der Waals surface area (Å²) in [7, 11) is 1.55. The van der Waals surface area contributed by atoms with Gasteiger partial charge < -0.3 is 15.2 Å². The molecule has 0 radical (unpaired) electrons. The molecular formula is C12H17NO4S. The molecule has 100 valence electrons. The zero-order valence-electron chi connectivity index (χ0n) is 10.4. The quantitative estimate of drug-likeness (QED) is 0.796. The summed E-state index contributed by atoms with van der Waals surface area (Å²) >= 11 is 1.32. The van der Waals surface area contributed by atoms with Crippen LogP contribution >= 0.6 is 11.3 Å². The summed E-state index contributed by atoms with van der Waals surface area (Å²) in [6.45, 7) is 1.87. The van der Waals surface area contributed by atoms with Crippen LogP contribution in [0, 0.1) is 0 Å². The van der Waals surface area contributed by atoms with Gasteiger partial charge in [0.1, 0.15) is 5.75 Å². The minimum absolute atomic E-state index is 0.0371. The maximum absolute atomic E-state index is 11.8. The van der Waals surface area contributed by atoms with Crippen LogP contribution in [-0.2, 0) is 4.79 Å². The van der Waals surface area contributed by atoms with Crippen molar-refractivity contribution in [2.45, 2.75) is 32.2 Å². The Morgan fingerprint density at radius 1 is 1.56 bits per heavy atom. The normalized spacial score (nSPS) is 11.9. The lowest BCUT2D eigenvalue weighted by Crippen LogP contribution is -2.32. The van der Waals surface area contributed by atoms with Gasteiger partial charge in [-0.25, -0.2) is 0 Å². The van der Waals surface area contributed by atoms with Crippen LogP contribution in [0.1, 0.15) is 35.9 Å². The number of thiophene rings is 1. The number of hydrogen-bond donors (Lipinski definition) is 2. The van der Waals surface area contributed by atoms with Crippen molar-refractivity contribution in [3.63, 3.8) is 0 Å². The lowest BCUT2D eigenvalue weighted by Gasteiger charge is -2.12. The van der Waals surface area contributed by atoms with E-state index in [2.05, 4.69) is 5.32 Å². The Labute approximate surface area is 110 Å². The fraction of sp³-hybridized carbons (Fsp3) is 0.500. The average Bonchev–Trinajstić information content (AvgIpc) is 2.76. The van der Waals surface area contributed by atoms with Crippen molar-refractivity contribution < 1.29 is 19.4 Å². The van der Waals surface area contributed by atoms with Crippen LogP contribution in [0.25, 0.3) is 0 Å². The third kappa shape index (κ3) is 4.75. The average molecular weight is 271 g/mol. The molecule has 0 aliphatic carbocycles. The van der Waals surface area contributed by atoms with E-state index < -0.39 is 5.97 Å². The third-order valence-corrected chi connectivity index (χ3v) is 3.35. The molecule has 0 fully saturated rings. The van der Waals surface area contributed by atoms with Gasteiger partial charge in [0.05, 0.1) is 12.0 Å². The first kappa shape index (κ1) is 14.5. The van der Waals surface area contributed by atoms with Crippen molar-refractivity contribution in [3.8, 4) is 5.75 Å². The van der Waals surface area contributed by atoms with Crippen LogP contribution < -0.4 is 10.1 Å². The Morgan fingerprint density at radius 2 is 2.28 bits per heavy atom. The standard InChI is InChI=1S/C12H17NO4S/c1-8(4-3-5-11(14)15)13-12(16)10-6-9(17-2)7-18-10/h6-8H,3-5H2,1-2H3,(H,13,16)(H,14,15). The van der Waals surface area contributed by atoms with E-state index in [4.69, 9.17) is 9.84 Å². The molecule has 1 aromatic rings. The topological polar surface area (TPSA) is 75.6 Å². The monoisotopic (exact) mass is 271 g/mol. The minimum Gasteiger partial charge on any atom is -0.496 e. The lowest BCUT2D eigenvalue weighted by atomic mass is 10.1. The third-order valence-electron chi connectivity index (χ3n) is 2.44. The van der Waals surface area contributed by atoms with E-state index in [1.54, 1.807) is 18.6 Å². The highest BCUT2D eigenvalue weighted by molar-refractivity contribution is 7.12. The molecule has 2 N–H and O–H groups in total. The molecular weight excluding hydrogens is 254 g/mol. The molecule has 0 saturated heterocycles. The molecule has 1 atom stereocenters. The Morgan fingerprint density at radius 3 is 2.83 bits per heavy atom. The summed E-state index contributed by atoms with van der Waals surface area (Å²) in [4.78, 5) is 22.8. The molecule has 1 amide bonds. The largest absolute Gasteiger partial charge is 0.496 e. The van der Waals surface area contributed by atoms with Crippen molar-refractivity contribution >= 4 is 23.2 Å². The number of carboxylic acid groups (broad SMARTS) is 1.